The molecule has 1 aromatic rings. The number of rotatable bonds is 4. The van der Waals surface area contributed by atoms with Crippen LogP contribution < -0.4 is 22.1 Å². The van der Waals surface area contributed by atoms with Crippen molar-refractivity contribution < 1.29 is 4.79 Å². The van der Waals surface area contributed by atoms with Gasteiger partial charge in [-0.1, -0.05) is 0 Å². The maximum atomic E-state index is 12.3. The molecule has 0 fully saturated rings. The van der Waals surface area contributed by atoms with E-state index >= 15 is 0 Å². The maximum absolute atomic E-state index is 12.3. The Hall–Kier alpha value is -2.84. The minimum absolute atomic E-state index is 0.0483. The molecule has 0 aromatic carbocycles. The van der Waals surface area contributed by atoms with Crippen LogP contribution in [0.25, 0.3) is 0 Å². The summed E-state index contributed by atoms with van der Waals surface area (Å²) in [6, 6.07) is 1.65. The lowest BCUT2D eigenvalue weighted by atomic mass is 10.1. The molecular weight excluding hydrogens is 296 g/mol. The first-order valence-electron chi connectivity index (χ1n) is 6.98. The van der Waals surface area contributed by atoms with Crippen LogP contribution in [0.4, 0.5) is 5.82 Å². The fourth-order valence-electron chi connectivity index (χ4n) is 1.76. The van der Waals surface area contributed by atoms with Crippen molar-refractivity contribution in [3.8, 4) is 0 Å². The number of carbonyl (C=O) groups is 1. The number of nitrogens with two attached hydrogens (primary N) is 2. The quantitative estimate of drug-likeness (QED) is 0.266. The molecule has 1 amide bonds. The third kappa shape index (κ3) is 5.13. The molecule has 0 bridgehead atoms. The molecule has 9 nitrogen and oxygen atoms in total. The number of nitrogens with zero attached hydrogens (tertiary/aromatic N) is 2. The molecule has 8 N–H and O–H groups in total. The van der Waals surface area contributed by atoms with Crippen LogP contribution in [0.15, 0.2) is 22.3 Å². The smallest absolute Gasteiger partial charge is 0.273 e. The first-order valence-corrected chi connectivity index (χ1v) is 6.98. The van der Waals surface area contributed by atoms with Gasteiger partial charge >= 0.3 is 0 Å². The minimum atomic E-state index is -0.612. The van der Waals surface area contributed by atoms with Gasteiger partial charge in [-0.05, 0) is 27.7 Å². The van der Waals surface area contributed by atoms with E-state index in [4.69, 9.17) is 16.9 Å². The Morgan fingerprint density at radius 3 is 2.39 bits per heavy atom. The standard InChI is InChI=1S/C14H24N8O/c1-7-6-8(22-21-7)19-13(23)10(15)9(11(16)17)12(18-5)20-14(2,3)4/h6H,15H2,1-5H3,(H3,16,17)(H,18,20)(H2,19,21,22,23). The van der Waals surface area contributed by atoms with Crippen LogP contribution in [0.3, 0.4) is 0 Å². The van der Waals surface area contributed by atoms with E-state index in [9.17, 15) is 4.79 Å². The summed E-state index contributed by atoms with van der Waals surface area (Å²) < 4.78 is 0. The Kier molecular flexibility index (Phi) is 5.50. The van der Waals surface area contributed by atoms with E-state index in [1.807, 2.05) is 20.8 Å². The number of carbonyl (C=O) groups excluding carboxylic acids is 1. The number of nitrogens with one attached hydrogen (secondary N) is 4. The van der Waals surface area contributed by atoms with Gasteiger partial charge in [0, 0.05) is 24.3 Å². The van der Waals surface area contributed by atoms with E-state index in [1.54, 1.807) is 13.0 Å². The van der Waals surface area contributed by atoms with Gasteiger partial charge < -0.3 is 22.1 Å². The molecule has 0 aliphatic carbocycles. The minimum Gasteiger partial charge on any atom is -0.394 e. The zero-order valence-corrected chi connectivity index (χ0v) is 14.0. The molecule has 0 atom stereocenters. The second-order valence-electron chi connectivity index (χ2n) is 6.04. The lowest BCUT2D eigenvalue weighted by Gasteiger charge is -2.24. The van der Waals surface area contributed by atoms with Gasteiger partial charge in [0.2, 0.25) is 0 Å². The molecular formula is C14H24N8O. The van der Waals surface area contributed by atoms with Gasteiger partial charge in [0.25, 0.3) is 5.91 Å². The molecule has 0 saturated heterocycles. The van der Waals surface area contributed by atoms with Crippen molar-refractivity contribution in [1.29, 1.82) is 5.41 Å². The van der Waals surface area contributed by atoms with Crippen molar-refractivity contribution in [1.82, 2.24) is 15.5 Å². The molecule has 0 unspecified atom stereocenters. The van der Waals surface area contributed by atoms with E-state index < -0.39 is 5.91 Å². The number of aryl methyl sites for hydroxylation is 1. The zero-order valence-electron chi connectivity index (χ0n) is 14.0. The van der Waals surface area contributed by atoms with Crippen molar-refractivity contribution in [2.24, 2.45) is 16.5 Å². The van der Waals surface area contributed by atoms with E-state index in [0.29, 0.717) is 5.82 Å². The highest BCUT2D eigenvalue weighted by atomic mass is 16.2. The lowest BCUT2D eigenvalue weighted by molar-refractivity contribution is -0.112. The normalized spacial score (nSPS) is 13.3. The summed E-state index contributed by atoms with van der Waals surface area (Å²) >= 11 is 0. The number of aliphatic imine (C=N–C) groups is 1. The van der Waals surface area contributed by atoms with Crippen LogP contribution in [-0.4, -0.2) is 40.4 Å². The number of anilines is 1. The third-order valence-corrected chi connectivity index (χ3v) is 2.68. The Morgan fingerprint density at radius 1 is 1.39 bits per heavy atom. The highest BCUT2D eigenvalue weighted by molar-refractivity contribution is 6.26. The summed E-state index contributed by atoms with van der Waals surface area (Å²) in [5, 5.41) is 19.9. The van der Waals surface area contributed by atoms with E-state index in [1.165, 1.54) is 7.05 Å². The molecule has 1 rings (SSSR count). The Bertz CT molecular complexity index is 663. The number of H-pyrrole nitrogens is 1. The number of hydrogen-bond donors (Lipinski definition) is 6. The fraction of sp³-hybridized carbons (Fsp3) is 0.429. The van der Waals surface area contributed by atoms with Crippen LogP contribution in [-0.2, 0) is 4.79 Å². The molecule has 23 heavy (non-hydrogen) atoms. The highest BCUT2D eigenvalue weighted by Gasteiger charge is 2.23. The van der Waals surface area contributed by atoms with Crippen LogP contribution in [0, 0.1) is 12.3 Å². The number of aromatic amines is 1. The van der Waals surface area contributed by atoms with E-state index in [2.05, 4.69) is 25.8 Å². The Balaban J connectivity index is 3.16. The lowest BCUT2D eigenvalue weighted by Crippen LogP contribution is -2.45. The van der Waals surface area contributed by atoms with Gasteiger partial charge in [0.1, 0.15) is 17.4 Å². The average Bonchev–Trinajstić information content (AvgIpc) is 2.81. The molecule has 126 valence electrons. The van der Waals surface area contributed by atoms with Crippen LogP contribution in [0.2, 0.25) is 0 Å². The van der Waals surface area contributed by atoms with Crippen molar-refractivity contribution in [3.63, 3.8) is 0 Å². The number of amides is 1. The first kappa shape index (κ1) is 18.2. The van der Waals surface area contributed by atoms with Gasteiger partial charge in [-0.3, -0.25) is 20.3 Å². The maximum Gasteiger partial charge on any atom is 0.273 e. The highest BCUT2D eigenvalue weighted by Crippen LogP contribution is 2.10. The van der Waals surface area contributed by atoms with E-state index in [0.717, 1.165) is 5.69 Å². The van der Waals surface area contributed by atoms with Gasteiger partial charge in [-0.15, -0.1) is 0 Å². The fourth-order valence-corrected chi connectivity index (χ4v) is 1.76. The van der Waals surface area contributed by atoms with Crippen molar-refractivity contribution >= 4 is 23.4 Å². The van der Waals surface area contributed by atoms with Crippen molar-refractivity contribution in [2.75, 3.05) is 12.4 Å². The zero-order chi connectivity index (χ0) is 17.8. The monoisotopic (exact) mass is 320 g/mol. The summed E-state index contributed by atoms with van der Waals surface area (Å²) in [5.41, 5.74) is 11.8. The van der Waals surface area contributed by atoms with Crippen molar-refractivity contribution in [2.45, 2.75) is 33.2 Å². The molecule has 0 aliphatic rings. The molecule has 0 aliphatic heterocycles. The summed E-state index contributed by atoms with van der Waals surface area (Å²) in [4.78, 5) is 16.3. The summed E-state index contributed by atoms with van der Waals surface area (Å²) in [6.07, 6.45) is 0. The predicted molar refractivity (Wildman–Crippen MR) is 91.3 cm³/mol. The molecule has 1 heterocycles. The van der Waals surface area contributed by atoms with Gasteiger partial charge in [-0.2, -0.15) is 5.10 Å². The molecule has 0 radical (unpaired) electrons. The van der Waals surface area contributed by atoms with Gasteiger partial charge in [-0.25, -0.2) is 0 Å². The number of aromatic nitrogens is 2. The Labute approximate surface area is 135 Å². The largest absolute Gasteiger partial charge is 0.394 e. The molecule has 1 aromatic heterocycles. The van der Waals surface area contributed by atoms with Crippen LogP contribution in [0.5, 0.6) is 0 Å². The average molecular weight is 320 g/mol. The van der Waals surface area contributed by atoms with Crippen LogP contribution >= 0.6 is 0 Å². The second kappa shape index (κ2) is 6.95. The molecule has 9 heteroatoms. The number of hydrogen-bond acceptors (Lipinski definition) is 5. The summed E-state index contributed by atoms with van der Waals surface area (Å²) in [7, 11) is 1.53. The van der Waals surface area contributed by atoms with Crippen LogP contribution in [0.1, 0.15) is 26.5 Å². The van der Waals surface area contributed by atoms with E-state index in [-0.39, 0.29) is 28.5 Å². The summed E-state index contributed by atoms with van der Waals surface area (Å²) in [6.45, 7) is 7.55. The summed E-state index contributed by atoms with van der Waals surface area (Å²) in [5.74, 6) is -0.361. The number of amidine groups is 2. The Morgan fingerprint density at radius 2 is 2.00 bits per heavy atom. The predicted octanol–water partition coefficient (Wildman–Crippen LogP) is 0.222. The third-order valence-electron chi connectivity index (χ3n) is 2.68. The first-order chi connectivity index (χ1) is 10.5. The SMILES string of the molecule is CN=C(NC(C)(C)C)C(C(=N)N)=C(N)C(=O)Nc1cc(C)[nH]n1. The van der Waals surface area contributed by atoms with Crippen molar-refractivity contribution in [3.05, 3.63) is 23.0 Å². The van der Waals surface area contributed by atoms with Gasteiger partial charge in [0.05, 0.1) is 5.57 Å². The molecule has 0 saturated carbocycles. The second-order valence-corrected chi connectivity index (χ2v) is 6.04. The molecule has 0 spiro atoms. The topological polar surface area (TPSA) is 158 Å². The van der Waals surface area contributed by atoms with Gasteiger partial charge in [0.15, 0.2) is 5.82 Å².